The second kappa shape index (κ2) is 7.77. The maximum absolute atomic E-state index is 12.8. The fourth-order valence-electron chi connectivity index (χ4n) is 3.45. The number of phenols is 1. The van der Waals surface area contributed by atoms with E-state index in [4.69, 9.17) is 9.47 Å². The molecular weight excluding hydrogens is 376 g/mol. The molecule has 28 heavy (non-hydrogen) atoms. The Labute approximate surface area is 167 Å². The zero-order chi connectivity index (χ0) is 19.7. The highest BCUT2D eigenvalue weighted by atomic mass is 32.1. The number of hydrogen-bond acceptors (Lipinski definition) is 6. The van der Waals surface area contributed by atoms with Crippen molar-refractivity contribution in [2.24, 2.45) is 0 Å². The SMILES string of the molecule is CCC(OC)C(=O)N1CCOc2c(O)cc(-c3nc4ccccc4s3)cc2C1. The summed E-state index contributed by atoms with van der Waals surface area (Å²) in [7, 11) is 1.55. The number of thiazole rings is 1. The van der Waals surface area contributed by atoms with Crippen LogP contribution < -0.4 is 4.74 Å². The largest absolute Gasteiger partial charge is 0.504 e. The molecule has 1 atom stereocenters. The number of aromatic nitrogens is 1. The van der Waals surface area contributed by atoms with Crippen LogP contribution in [-0.2, 0) is 16.1 Å². The predicted octanol–water partition coefficient (Wildman–Crippen LogP) is 3.81. The molecule has 1 unspecified atom stereocenters. The number of ether oxygens (including phenoxy) is 2. The molecule has 3 aromatic rings. The van der Waals surface area contributed by atoms with E-state index in [2.05, 4.69) is 4.98 Å². The summed E-state index contributed by atoms with van der Waals surface area (Å²) in [4.78, 5) is 19.2. The standard InChI is InChI=1S/C21H22N2O4S/c1-3-17(26-2)21(25)23-8-9-27-19-14(12-23)10-13(11-16(19)24)20-22-15-6-4-5-7-18(15)28-20/h4-7,10-11,17,24H,3,8-9,12H2,1-2H3. The summed E-state index contributed by atoms with van der Waals surface area (Å²) in [6, 6.07) is 11.6. The number of rotatable bonds is 4. The summed E-state index contributed by atoms with van der Waals surface area (Å²) in [5.41, 5.74) is 2.51. The molecule has 1 aromatic heterocycles. The van der Waals surface area contributed by atoms with Gasteiger partial charge in [0.15, 0.2) is 11.5 Å². The number of carbonyl (C=O) groups excluding carboxylic acids is 1. The summed E-state index contributed by atoms with van der Waals surface area (Å²) in [6.07, 6.45) is 0.138. The fraction of sp³-hybridized carbons (Fsp3) is 0.333. The average Bonchev–Trinajstić information content (AvgIpc) is 3.01. The van der Waals surface area contributed by atoms with Crippen LogP contribution in [0.25, 0.3) is 20.8 Å². The molecule has 0 radical (unpaired) electrons. The van der Waals surface area contributed by atoms with Crippen LogP contribution >= 0.6 is 11.3 Å². The van der Waals surface area contributed by atoms with Crippen molar-refractivity contribution in [2.45, 2.75) is 26.0 Å². The van der Waals surface area contributed by atoms with Crippen molar-refractivity contribution in [3.63, 3.8) is 0 Å². The molecule has 1 aliphatic rings. The first-order chi connectivity index (χ1) is 13.6. The van der Waals surface area contributed by atoms with Crippen LogP contribution in [0, 0.1) is 0 Å². The third kappa shape index (κ3) is 3.43. The lowest BCUT2D eigenvalue weighted by atomic mass is 10.1. The van der Waals surface area contributed by atoms with E-state index in [1.807, 2.05) is 37.3 Å². The minimum atomic E-state index is -0.470. The maximum atomic E-state index is 12.8. The van der Waals surface area contributed by atoms with Gasteiger partial charge >= 0.3 is 0 Å². The van der Waals surface area contributed by atoms with Crippen LogP contribution in [0.4, 0.5) is 0 Å². The molecular formula is C21H22N2O4S. The Morgan fingerprint density at radius 1 is 1.39 bits per heavy atom. The third-order valence-electron chi connectivity index (χ3n) is 4.90. The van der Waals surface area contributed by atoms with Crippen molar-refractivity contribution in [1.29, 1.82) is 0 Å². The Kier molecular flexibility index (Phi) is 5.19. The minimum absolute atomic E-state index is 0.0636. The predicted molar refractivity (Wildman–Crippen MR) is 109 cm³/mol. The van der Waals surface area contributed by atoms with Gasteiger partial charge in [-0.05, 0) is 30.7 Å². The molecule has 0 aliphatic carbocycles. The number of phenolic OH excluding ortho intramolecular Hbond substituents is 1. The average molecular weight is 398 g/mol. The quantitative estimate of drug-likeness (QED) is 0.723. The van der Waals surface area contributed by atoms with Gasteiger partial charge in [0, 0.05) is 24.8 Å². The summed E-state index contributed by atoms with van der Waals surface area (Å²) in [5.74, 6) is 0.441. The van der Waals surface area contributed by atoms with E-state index in [0.29, 0.717) is 31.9 Å². The van der Waals surface area contributed by atoms with Gasteiger partial charge in [0.1, 0.15) is 17.7 Å². The van der Waals surface area contributed by atoms with E-state index >= 15 is 0 Å². The second-order valence-electron chi connectivity index (χ2n) is 6.71. The number of methoxy groups -OCH3 is 1. The number of nitrogens with zero attached hydrogens (tertiary/aromatic N) is 2. The molecule has 7 heteroatoms. The molecule has 2 heterocycles. The van der Waals surface area contributed by atoms with Crippen LogP contribution in [-0.4, -0.2) is 47.3 Å². The van der Waals surface area contributed by atoms with Gasteiger partial charge in [0.2, 0.25) is 0 Å². The van der Waals surface area contributed by atoms with E-state index in [1.54, 1.807) is 29.4 Å². The van der Waals surface area contributed by atoms with Crippen LogP contribution in [0.3, 0.4) is 0 Å². The van der Waals surface area contributed by atoms with Crippen molar-refractivity contribution in [1.82, 2.24) is 9.88 Å². The number of carbonyl (C=O) groups is 1. The lowest BCUT2D eigenvalue weighted by molar-refractivity contribution is -0.142. The number of hydrogen-bond donors (Lipinski definition) is 1. The zero-order valence-corrected chi connectivity index (χ0v) is 16.7. The van der Waals surface area contributed by atoms with Crippen LogP contribution in [0.15, 0.2) is 36.4 Å². The first-order valence-electron chi connectivity index (χ1n) is 9.27. The Hall–Kier alpha value is -2.64. The highest BCUT2D eigenvalue weighted by Gasteiger charge is 2.27. The van der Waals surface area contributed by atoms with Crippen molar-refractivity contribution in [3.05, 3.63) is 42.0 Å². The Morgan fingerprint density at radius 2 is 2.21 bits per heavy atom. The smallest absolute Gasteiger partial charge is 0.252 e. The molecule has 4 rings (SSSR count). The zero-order valence-electron chi connectivity index (χ0n) is 15.8. The molecule has 6 nitrogen and oxygen atoms in total. The number of para-hydroxylation sites is 1. The van der Waals surface area contributed by atoms with Crippen molar-refractivity contribution in [2.75, 3.05) is 20.3 Å². The van der Waals surface area contributed by atoms with E-state index in [-0.39, 0.29) is 11.7 Å². The number of amides is 1. The molecule has 0 saturated heterocycles. The lowest BCUT2D eigenvalue weighted by Crippen LogP contribution is -2.40. The summed E-state index contributed by atoms with van der Waals surface area (Å²) >= 11 is 1.57. The highest BCUT2D eigenvalue weighted by Crippen LogP contribution is 2.39. The Bertz CT molecular complexity index is 980. The summed E-state index contributed by atoms with van der Waals surface area (Å²) in [5, 5.41) is 11.4. The Morgan fingerprint density at radius 3 is 2.96 bits per heavy atom. The van der Waals surface area contributed by atoms with Gasteiger partial charge in [-0.25, -0.2) is 4.98 Å². The minimum Gasteiger partial charge on any atom is -0.504 e. The first-order valence-corrected chi connectivity index (χ1v) is 10.1. The molecule has 0 saturated carbocycles. The normalized spacial score (nSPS) is 15.0. The molecule has 0 bridgehead atoms. The molecule has 2 aromatic carbocycles. The van der Waals surface area contributed by atoms with E-state index < -0.39 is 6.10 Å². The molecule has 1 N–H and O–H groups in total. The van der Waals surface area contributed by atoms with E-state index in [9.17, 15) is 9.90 Å². The monoisotopic (exact) mass is 398 g/mol. The van der Waals surface area contributed by atoms with Gasteiger partial charge < -0.3 is 19.5 Å². The summed E-state index contributed by atoms with van der Waals surface area (Å²) in [6.45, 7) is 3.06. The van der Waals surface area contributed by atoms with Gasteiger partial charge in [-0.1, -0.05) is 19.1 Å². The van der Waals surface area contributed by atoms with Gasteiger partial charge in [0.25, 0.3) is 5.91 Å². The topological polar surface area (TPSA) is 71.9 Å². The fourth-order valence-corrected chi connectivity index (χ4v) is 4.40. The Balaban J connectivity index is 1.70. The highest BCUT2D eigenvalue weighted by molar-refractivity contribution is 7.21. The number of fused-ring (bicyclic) bond motifs is 2. The number of benzene rings is 2. The van der Waals surface area contributed by atoms with Crippen molar-refractivity contribution >= 4 is 27.5 Å². The van der Waals surface area contributed by atoms with Crippen molar-refractivity contribution in [3.8, 4) is 22.1 Å². The van der Waals surface area contributed by atoms with Crippen LogP contribution in [0.5, 0.6) is 11.5 Å². The van der Waals surface area contributed by atoms with Crippen LogP contribution in [0.1, 0.15) is 18.9 Å². The van der Waals surface area contributed by atoms with Gasteiger partial charge in [0.05, 0.1) is 16.8 Å². The lowest BCUT2D eigenvalue weighted by Gasteiger charge is -2.24. The van der Waals surface area contributed by atoms with Gasteiger partial charge in [-0.3, -0.25) is 4.79 Å². The molecule has 146 valence electrons. The second-order valence-corrected chi connectivity index (χ2v) is 7.74. The van der Waals surface area contributed by atoms with Crippen molar-refractivity contribution < 1.29 is 19.4 Å². The number of aromatic hydroxyl groups is 1. The third-order valence-corrected chi connectivity index (χ3v) is 5.98. The molecule has 1 aliphatic heterocycles. The van der Waals surface area contributed by atoms with Gasteiger partial charge in [-0.2, -0.15) is 0 Å². The van der Waals surface area contributed by atoms with E-state index in [1.165, 1.54) is 0 Å². The molecule has 0 fully saturated rings. The van der Waals surface area contributed by atoms with Crippen LogP contribution in [0.2, 0.25) is 0 Å². The first kappa shape index (κ1) is 18.7. The molecule has 1 amide bonds. The van der Waals surface area contributed by atoms with Gasteiger partial charge in [-0.15, -0.1) is 11.3 Å². The summed E-state index contributed by atoms with van der Waals surface area (Å²) < 4.78 is 12.1. The maximum Gasteiger partial charge on any atom is 0.252 e. The van der Waals surface area contributed by atoms with E-state index in [0.717, 1.165) is 26.4 Å². The molecule has 0 spiro atoms.